The molecule has 16 radical (unpaired) electrons. The number of aromatic nitrogens is 4. The molecule has 0 saturated heterocycles. The van der Waals surface area contributed by atoms with Gasteiger partial charge in [0, 0.05) is 58.7 Å². The van der Waals surface area contributed by atoms with E-state index in [1.165, 1.54) is 20.2 Å². The number of thiophene rings is 1. The van der Waals surface area contributed by atoms with Crippen molar-refractivity contribution >= 4 is 182 Å². The van der Waals surface area contributed by atoms with E-state index in [2.05, 4.69) is 48.5 Å². The summed E-state index contributed by atoms with van der Waals surface area (Å²) in [6, 6.07) is 36.5. The SMILES string of the molecule is [B]c1c([B])c([B])c2c(c1[B])c1c([B])c([B])c([B])c([B])c1n2-c1nc(-c2ccccc2)nc(-c2cccc3oc4cccc(-c5cccc6c5sc5ccccc56)c4c23)n1. The van der Waals surface area contributed by atoms with E-state index < -0.39 is 0 Å². The van der Waals surface area contributed by atoms with Gasteiger partial charge in [0.1, 0.15) is 73.9 Å². The molecule has 59 heavy (non-hydrogen) atoms. The Hall–Kier alpha value is -6.11. The summed E-state index contributed by atoms with van der Waals surface area (Å²) in [5, 5.41) is 4.92. The first-order chi connectivity index (χ1) is 28.6. The Labute approximate surface area is 352 Å². The third-order valence-electron chi connectivity index (χ3n) is 11.3. The summed E-state index contributed by atoms with van der Waals surface area (Å²) in [5.41, 5.74) is 6.40. The van der Waals surface area contributed by atoms with E-state index in [1.807, 2.05) is 60.7 Å². The van der Waals surface area contributed by atoms with E-state index in [0.717, 1.165) is 33.0 Å². The van der Waals surface area contributed by atoms with Crippen molar-refractivity contribution in [3.63, 3.8) is 0 Å². The van der Waals surface area contributed by atoms with Gasteiger partial charge >= 0.3 is 0 Å². The lowest BCUT2D eigenvalue weighted by Crippen LogP contribution is -2.49. The van der Waals surface area contributed by atoms with Gasteiger partial charge in [-0.2, -0.15) is 9.97 Å². The molecule has 0 aliphatic carbocycles. The highest BCUT2D eigenvalue weighted by molar-refractivity contribution is 7.26. The molecule has 0 amide bonds. The lowest BCUT2D eigenvalue weighted by Gasteiger charge is -2.17. The summed E-state index contributed by atoms with van der Waals surface area (Å²) < 4.78 is 10.7. The number of furan rings is 1. The molecule has 0 atom stereocenters. The van der Waals surface area contributed by atoms with E-state index in [9.17, 15) is 0 Å². The van der Waals surface area contributed by atoms with Crippen LogP contribution in [0.2, 0.25) is 0 Å². The van der Waals surface area contributed by atoms with Crippen LogP contribution in [0.5, 0.6) is 0 Å². The van der Waals surface area contributed by atoms with Crippen molar-refractivity contribution in [2.45, 2.75) is 0 Å². The summed E-state index contributed by atoms with van der Waals surface area (Å²) in [5.74, 6) is 0.849. The van der Waals surface area contributed by atoms with Gasteiger partial charge in [-0.15, -0.1) is 33.2 Å². The maximum atomic E-state index is 6.82. The Morgan fingerprint density at radius 3 is 1.63 bits per heavy atom. The molecule has 7 aromatic carbocycles. The van der Waals surface area contributed by atoms with Crippen LogP contribution >= 0.6 is 11.3 Å². The van der Waals surface area contributed by atoms with Crippen molar-refractivity contribution in [1.29, 1.82) is 0 Å². The highest BCUT2D eigenvalue weighted by Gasteiger charge is 2.26. The van der Waals surface area contributed by atoms with Gasteiger partial charge in [0.15, 0.2) is 11.6 Å². The molecule has 0 aliphatic heterocycles. The van der Waals surface area contributed by atoms with E-state index in [1.54, 1.807) is 15.9 Å². The van der Waals surface area contributed by atoms with Crippen molar-refractivity contribution < 1.29 is 4.42 Å². The van der Waals surface area contributed by atoms with Gasteiger partial charge in [-0.05, 0) is 34.5 Å². The smallest absolute Gasteiger partial charge is 0.238 e. The average Bonchev–Trinajstić information content (AvgIpc) is 3.97. The second-order valence-corrected chi connectivity index (χ2v) is 15.5. The highest BCUT2D eigenvalue weighted by Crippen LogP contribution is 2.45. The minimum atomic E-state index is 0.0746. The molecule has 0 spiro atoms. The zero-order valence-corrected chi connectivity index (χ0v) is 31.9. The molecule has 0 N–H and O–H groups in total. The van der Waals surface area contributed by atoms with Gasteiger partial charge in [0.2, 0.25) is 5.95 Å². The third-order valence-corrected chi connectivity index (χ3v) is 12.5. The molecule has 0 fully saturated rings. The van der Waals surface area contributed by atoms with Gasteiger partial charge in [-0.3, -0.25) is 4.57 Å². The first kappa shape index (κ1) is 36.0. The molecule has 14 heteroatoms. The third kappa shape index (κ3) is 5.12. The Bertz CT molecular complexity index is 3540. The summed E-state index contributed by atoms with van der Waals surface area (Å²) in [6.45, 7) is 0. The van der Waals surface area contributed by atoms with Gasteiger partial charge in [0.05, 0.1) is 0 Å². The van der Waals surface area contributed by atoms with Crippen LogP contribution in [0.1, 0.15) is 0 Å². The Balaban J connectivity index is 1.26. The monoisotopic (exact) mass is 750 g/mol. The van der Waals surface area contributed by atoms with Crippen molar-refractivity contribution in [3.05, 3.63) is 109 Å². The maximum Gasteiger partial charge on any atom is 0.238 e. The molecule has 11 aromatic rings. The number of hydrogen-bond donors (Lipinski definition) is 0. The molecular formula is C45H18B8N4OS. The first-order valence-electron chi connectivity index (χ1n) is 18.6. The van der Waals surface area contributed by atoms with E-state index in [4.69, 9.17) is 82.1 Å². The molecule has 5 nitrogen and oxygen atoms in total. The number of benzene rings is 7. The molecule has 0 saturated carbocycles. The van der Waals surface area contributed by atoms with E-state index >= 15 is 0 Å². The molecule has 4 heterocycles. The number of rotatable bonds is 4. The lowest BCUT2D eigenvalue weighted by atomic mass is 9.63. The zero-order chi connectivity index (χ0) is 40.4. The molecule has 0 aliphatic rings. The molecular weight excluding hydrogens is 731 g/mol. The van der Waals surface area contributed by atoms with Gasteiger partial charge in [-0.1, -0.05) is 113 Å². The standard InChI is InChI=1S/C45H18B8N4OS/c46-32-30-31-33(47)35(49)37(51)39(53)41(31)57(40(30)38(52)36(50)34(32)48)45-55-43(19-9-2-1-3-10-19)54-44(56-45)24-15-8-17-26-29(24)28-21(12-7-16-25(28)58-26)23-14-6-13-22-20-11-4-5-18-27(20)59-42(22)23/h1-18H. The molecule has 11 rings (SSSR count). The van der Waals surface area contributed by atoms with Crippen LogP contribution in [0.15, 0.2) is 114 Å². The molecule has 254 valence electrons. The van der Waals surface area contributed by atoms with Crippen molar-refractivity contribution in [2.24, 2.45) is 0 Å². The lowest BCUT2D eigenvalue weighted by molar-refractivity contribution is 0.669. The normalized spacial score (nSPS) is 11.9. The van der Waals surface area contributed by atoms with Crippen LogP contribution in [0.4, 0.5) is 0 Å². The summed E-state index contributed by atoms with van der Waals surface area (Å²) in [6.07, 6.45) is 0. The fourth-order valence-electron chi connectivity index (χ4n) is 8.45. The van der Waals surface area contributed by atoms with E-state index in [-0.39, 0.29) is 49.7 Å². The predicted octanol–water partition coefficient (Wildman–Crippen LogP) is 2.59. The van der Waals surface area contributed by atoms with Crippen LogP contribution in [-0.4, -0.2) is 82.3 Å². The van der Waals surface area contributed by atoms with Gasteiger partial charge in [-0.25, -0.2) is 4.98 Å². The quantitative estimate of drug-likeness (QED) is 0.260. The fourth-order valence-corrected chi connectivity index (χ4v) is 9.68. The number of nitrogens with zero attached hydrogens (tertiary/aromatic N) is 4. The predicted molar refractivity (Wildman–Crippen MR) is 254 cm³/mol. The van der Waals surface area contributed by atoms with Gasteiger partial charge < -0.3 is 4.42 Å². The second kappa shape index (κ2) is 13.2. The minimum absolute atomic E-state index is 0.0746. The topological polar surface area (TPSA) is 56.7 Å². The fraction of sp³-hybridized carbons (Fsp3) is 0. The van der Waals surface area contributed by atoms with Crippen LogP contribution in [0, 0.1) is 0 Å². The van der Waals surface area contributed by atoms with Crippen molar-refractivity contribution in [1.82, 2.24) is 19.5 Å². The summed E-state index contributed by atoms with van der Waals surface area (Å²) in [7, 11) is 52.9. The number of hydrogen-bond acceptors (Lipinski definition) is 5. The summed E-state index contributed by atoms with van der Waals surface area (Å²) in [4.78, 5) is 15.4. The van der Waals surface area contributed by atoms with Crippen LogP contribution in [0.3, 0.4) is 0 Å². The van der Waals surface area contributed by atoms with E-state index in [0.29, 0.717) is 44.6 Å². The van der Waals surface area contributed by atoms with Gasteiger partial charge in [0.25, 0.3) is 0 Å². The average molecular weight is 749 g/mol. The van der Waals surface area contributed by atoms with Crippen molar-refractivity contribution in [3.8, 4) is 39.9 Å². The minimum Gasteiger partial charge on any atom is -0.456 e. The molecule has 0 bridgehead atoms. The van der Waals surface area contributed by atoms with Crippen LogP contribution in [-0.2, 0) is 0 Å². The first-order valence-corrected chi connectivity index (χ1v) is 19.4. The number of fused-ring (bicyclic) bond motifs is 9. The molecule has 4 aromatic heterocycles. The van der Waals surface area contributed by atoms with Crippen LogP contribution in [0.25, 0.3) is 104 Å². The molecule has 0 unspecified atom stereocenters. The largest absolute Gasteiger partial charge is 0.456 e. The second-order valence-electron chi connectivity index (χ2n) is 14.5. The summed E-state index contributed by atoms with van der Waals surface area (Å²) >= 11 is 1.77. The Morgan fingerprint density at radius 2 is 0.949 bits per heavy atom. The zero-order valence-electron chi connectivity index (χ0n) is 31.1. The Kier molecular flexibility index (Phi) is 8.06. The highest BCUT2D eigenvalue weighted by atomic mass is 32.1. The van der Waals surface area contributed by atoms with Crippen molar-refractivity contribution in [2.75, 3.05) is 0 Å². The maximum absolute atomic E-state index is 6.82. The van der Waals surface area contributed by atoms with Crippen LogP contribution < -0.4 is 43.7 Å². The Morgan fingerprint density at radius 1 is 0.424 bits per heavy atom.